The number of aryl methyl sites for hydroxylation is 1. The van der Waals surface area contributed by atoms with Gasteiger partial charge in [-0.1, -0.05) is 37.6 Å². The summed E-state index contributed by atoms with van der Waals surface area (Å²) in [5.41, 5.74) is 4.74. The van der Waals surface area contributed by atoms with Crippen LogP contribution in [0.5, 0.6) is 11.5 Å². The molecule has 1 heterocycles. The van der Waals surface area contributed by atoms with Gasteiger partial charge >= 0.3 is 0 Å². The Morgan fingerprint density at radius 3 is 1.85 bits per heavy atom. The molecule has 0 aliphatic heterocycles. The van der Waals surface area contributed by atoms with Gasteiger partial charge < -0.3 is 9.47 Å². The molecule has 0 radical (unpaired) electrons. The summed E-state index contributed by atoms with van der Waals surface area (Å²) in [5, 5.41) is 0. The molecule has 0 aliphatic carbocycles. The van der Waals surface area contributed by atoms with Gasteiger partial charge in [-0.05, 0) is 47.4 Å². The molecule has 2 aromatic carbocycles. The number of nitrogens with zero attached hydrogens (tertiary/aromatic N) is 2. The first-order chi connectivity index (χ1) is 13.2. The van der Waals surface area contributed by atoms with Crippen LogP contribution in [-0.4, -0.2) is 24.2 Å². The van der Waals surface area contributed by atoms with Crippen molar-refractivity contribution in [3.63, 3.8) is 0 Å². The van der Waals surface area contributed by atoms with Gasteiger partial charge in [-0.15, -0.1) is 0 Å². The van der Waals surface area contributed by atoms with Crippen molar-refractivity contribution in [3.8, 4) is 11.5 Å². The van der Waals surface area contributed by atoms with Crippen LogP contribution in [-0.2, 0) is 19.3 Å². The normalized spacial score (nSPS) is 10.6. The van der Waals surface area contributed by atoms with Gasteiger partial charge in [0.25, 0.3) is 0 Å². The molecule has 1 aromatic heterocycles. The van der Waals surface area contributed by atoms with Crippen LogP contribution in [0.2, 0.25) is 0 Å². The highest BCUT2D eigenvalue weighted by atomic mass is 16.5. The molecule has 0 fully saturated rings. The van der Waals surface area contributed by atoms with Crippen LogP contribution in [0.3, 0.4) is 0 Å². The number of hydrogen-bond donors (Lipinski definition) is 0. The molecule has 0 atom stereocenters. The monoisotopic (exact) mass is 362 g/mol. The third-order valence-corrected chi connectivity index (χ3v) is 4.58. The molecule has 0 saturated carbocycles. The van der Waals surface area contributed by atoms with Crippen LogP contribution < -0.4 is 9.47 Å². The molecule has 0 amide bonds. The largest absolute Gasteiger partial charge is 0.497 e. The Kier molecular flexibility index (Phi) is 6.42. The third-order valence-electron chi connectivity index (χ3n) is 4.58. The molecule has 0 saturated heterocycles. The quantitative estimate of drug-likeness (QED) is 0.586. The molecule has 3 rings (SSSR count). The van der Waals surface area contributed by atoms with E-state index in [1.54, 1.807) is 14.2 Å². The minimum absolute atomic E-state index is 0.714. The van der Waals surface area contributed by atoms with E-state index in [0.29, 0.717) is 6.42 Å². The number of rotatable bonds is 8. The van der Waals surface area contributed by atoms with Gasteiger partial charge in [0.1, 0.15) is 17.3 Å². The molecule has 4 nitrogen and oxygen atoms in total. The first kappa shape index (κ1) is 18.9. The predicted octanol–water partition coefficient (Wildman–Crippen LogP) is 4.63. The van der Waals surface area contributed by atoms with Crippen LogP contribution in [0, 0.1) is 0 Å². The highest BCUT2D eigenvalue weighted by Crippen LogP contribution is 2.19. The van der Waals surface area contributed by atoms with Crippen molar-refractivity contribution in [2.24, 2.45) is 0 Å². The second-order valence-electron chi connectivity index (χ2n) is 6.56. The van der Waals surface area contributed by atoms with Crippen LogP contribution in [0.15, 0.2) is 54.7 Å². The molecule has 4 heteroatoms. The minimum atomic E-state index is 0.714. The van der Waals surface area contributed by atoms with E-state index in [4.69, 9.17) is 14.5 Å². The highest BCUT2D eigenvalue weighted by Gasteiger charge is 2.09. The summed E-state index contributed by atoms with van der Waals surface area (Å²) in [6.07, 6.45) is 5.59. The Morgan fingerprint density at radius 2 is 1.33 bits per heavy atom. The van der Waals surface area contributed by atoms with Crippen LogP contribution in [0.4, 0.5) is 0 Å². The molecule has 0 N–H and O–H groups in total. The molecule has 3 aromatic rings. The van der Waals surface area contributed by atoms with E-state index in [-0.39, 0.29) is 0 Å². The summed E-state index contributed by atoms with van der Waals surface area (Å²) in [4.78, 5) is 9.50. The van der Waals surface area contributed by atoms with Crippen LogP contribution in [0.1, 0.15) is 41.6 Å². The zero-order chi connectivity index (χ0) is 19.1. The summed E-state index contributed by atoms with van der Waals surface area (Å²) in [7, 11) is 3.36. The maximum Gasteiger partial charge on any atom is 0.132 e. The standard InChI is InChI=1S/C23H26N2O2/c1-4-5-19-16-24-23(15-18-8-12-21(27-3)13-9-18)25-22(19)14-17-6-10-20(26-2)11-7-17/h6-13,16H,4-5,14-15H2,1-3H3. The highest BCUT2D eigenvalue weighted by molar-refractivity contribution is 5.33. The van der Waals surface area contributed by atoms with E-state index in [9.17, 15) is 0 Å². The average Bonchev–Trinajstić information content (AvgIpc) is 2.71. The fraction of sp³-hybridized carbons (Fsp3) is 0.304. The second kappa shape index (κ2) is 9.17. The molecular formula is C23H26N2O2. The first-order valence-electron chi connectivity index (χ1n) is 9.31. The van der Waals surface area contributed by atoms with E-state index in [1.807, 2.05) is 30.5 Å². The zero-order valence-electron chi connectivity index (χ0n) is 16.2. The van der Waals surface area contributed by atoms with Gasteiger partial charge in [-0.3, -0.25) is 0 Å². The Labute approximate surface area is 161 Å². The maximum absolute atomic E-state index is 5.25. The van der Waals surface area contributed by atoms with Crippen LogP contribution >= 0.6 is 0 Å². The smallest absolute Gasteiger partial charge is 0.132 e. The average molecular weight is 362 g/mol. The number of methoxy groups -OCH3 is 2. The molecule has 0 bridgehead atoms. The predicted molar refractivity (Wildman–Crippen MR) is 108 cm³/mol. The fourth-order valence-corrected chi connectivity index (χ4v) is 3.06. The lowest BCUT2D eigenvalue weighted by Crippen LogP contribution is -2.06. The van der Waals surface area contributed by atoms with Crippen molar-refractivity contribution in [1.29, 1.82) is 0 Å². The van der Waals surface area contributed by atoms with E-state index in [0.717, 1.165) is 42.3 Å². The summed E-state index contributed by atoms with van der Waals surface area (Å²) in [5.74, 6) is 2.58. The summed E-state index contributed by atoms with van der Waals surface area (Å²) in [6, 6.07) is 16.2. The van der Waals surface area contributed by atoms with Crippen molar-refractivity contribution in [1.82, 2.24) is 9.97 Å². The zero-order valence-corrected chi connectivity index (χ0v) is 16.2. The van der Waals surface area contributed by atoms with Gasteiger partial charge in [-0.25, -0.2) is 9.97 Å². The van der Waals surface area contributed by atoms with Crippen molar-refractivity contribution >= 4 is 0 Å². The van der Waals surface area contributed by atoms with Gasteiger partial charge in [0.05, 0.1) is 19.9 Å². The third kappa shape index (κ3) is 5.07. The van der Waals surface area contributed by atoms with Gasteiger partial charge in [0.15, 0.2) is 0 Å². The van der Waals surface area contributed by atoms with Gasteiger partial charge in [0.2, 0.25) is 0 Å². The molecule has 0 unspecified atom stereocenters. The van der Waals surface area contributed by atoms with E-state index < -0.39 is 0 Å². The van der Waals surface area contributed by atoms with E-state index >= 15 is 0 Å². The Balaban J connectivity index is 1.82. The van der Waals surface area contributed by atoms with E-state index in [1.165, 1.54) is 16.7 Å². The fourth-order valence-electron chi connectivity index (χ4n) is 3.06. The van der Waals surface area contributed by atoms with Crippen LogP contribution in [0.25, 0.3) is 0 Å². The van der Waals surface area contributed by atoms with Gasteiger partial charge in [0, 0.05) is 19.0 Å². The number of aromatic nitrogens is 2. The van der Waals surface area contributed by atoms with Crippen molar-refractivity contribution in [2.75, 3.05) is 14.2 Å². The first-order valence-corrected chi connectivity index (χ1v) is 9.31. The molecule has 140 valence electrons. The Morgan fingerprint density at radius 1 is 0.778 bits per heavy atom. The van der Waals surface area contributed by atoms with E-state index in [2.05, 4.69) is 36.2 Å². The summed E-state index contributed by atoms with van der Waals surface area (Å²) >= 11 is 0. The lowest BCUT2D eigenvalue weighted by Gasteiger charge is -2.11. The Hall–Kier alpha value is -2.88. The number of ether oxygens (including phenoxy) is 2. The molecule has 27 heavy (non-hydrogen) atoms. The second-order valence-corrected chi connectivity index (χ2v) is 6.56. The Bertz CT molecular complexity index is 859. The number of hydrogen-bond acceptors (Lipinski definition) is 4. The lowest BCUT2D eigenvalue weighted by molar-refractivity contribution is 0.414. The molecule has 0 spiro atoms. The van der Waals surface area contributed by atoms with Gasteiger partial charge in [-0.2, -0.15) is 0 Å². The van der Waals surface area contributed by atoms with Crippen molar-refractivity contribution in [2.45, 2.75) is 32.6 Å². The summed E-state index contributed by atoms with van der Waals surface area (Å²) < 4.78 is 10.5. The molecule has 0 aliphatic rings. The minimum Gasteiger partial charge on any atom is -0.497 e. The van der Waals surface area contributed by atoms with Crippen molar-refractivity contribution < 1.29 is 9.47 Å². The SMILES string of the molecule is CCCc1cnc(Cc2ccc(OC)cc2)nc1Cc1ccc(OC)cc1. The summed E-state index contributed by atoms with van der Waals surface area (Å²) in [6.45, 7) is 2.18. The topological polar surface area (TPSA) is 44.2 Å². The molecular weight excluding hydrogens is 336 g/mol. The maximum atomic E-state index is 5.25. The van der Waals surface area contributed by atoms with Crippen molar-refractivity contribution in [3.05, 3.63) is 82.9 Å². The number of benzene rings is 2. The lowest BCUT2D eigenvalue weighted by atomic mass is 10.0.